The predicted octanol–water partition coefficient (Wildman–Crippen LogP) is 4.95. The van der Waals surface area contributed by atoms with E-state index in [1.165, 1.54) is 78.2 Å². The number of anilines is 2. The maximum Gasteiger partial charge on any atom is 0.0552 e. The van der Waals surface area contributed by atoms with Gasteiger partial charge < -0.3 is 15.1 Å². The Hall–Kier alpha value is -1.14. The van der Waals surface area contributed by atoms with Gasteiger partial charge in [-0.05, 0) is 62.0 Å². The van der Waals surface area contributed by atoms with Gasteiger partial charge in [-0.25, -0.2) is 0 Å². The minimum absolute atomic E-state index is 0.807. The van der Waals surface area contributed by atoms with Gasteiger partial charge in [-0.15, -0.1) is 0 Å². The van der Waals surface area contributed by atoms with Crippen LogP contribution in [-0.4, -0.2) is 55.7 Å². The SMILES string of the molecule is C1CSCCN1.c1ccc2c(c1)Sc1ccccc1N2CC1CN2CCC1CC2. The summed E-state index contributed by atoms with van der Waals surface area (Å²) in [4.78, 5) is 8.05. The number of piperidine rings is 3. The number of benzene rings is 2. The molecular formula is C24H31N3S2. The molecule has 0 saturated carbocycles. The fraction of sp³-hybridized carbons (Fsp3) is 0.500. The van der Waals surface area contributed by atoms with E-state index in [1.54, 1.807) is 0 Å². The molecule has 5 aliphatic heterocycles. The Morgan fingerprint density at radius 1 is 0.862 bits per heavy atom. The summed E-state index contributed by atoms with van der Waals surface area (Å²) in [6, 6.07) is 17.8. The third-order valence-corrected chi connectivity index (χ3v) is 8.70. The summed E-state index contributed by atoms with van der Waals surface area (Å²) in [7, 11) is 0. The summed E-state index contributed by atoms with van der Waals surface area (Å²) in [6.07, 6.45) is 2.80. The van der Waals surface area contributed by atoms with Gasteiger partial charge in [0, 0.05) is 47.5 Å². The van der Waals surface area contributed by atoms with Gasteiger partial charge in [0.15, 0.2) is 0 Å². The molecular weight excluding hydrogens is 394 g/mol. The van der Waals surface area contributed by atoms with Crippen LogP contribution in [0.25, 0.3) is 0 Å². The molecule has 1 unspecified atom stereocenters. The lowest BCUT2D eigenvalue weighted by Gasteiger charge is -2.47. The summed E-state index contributed by atoms with van der Waals surface area (Å²) in [5.41, 5.74) is 2.79. The number of nitrogens with zero attached hydrogens (tertiary/aromatic N) is 2. The van der Waals surface area contributed by atoms with Gasteiger partial charge in [-0.3, -0.25) is 0 Å². The molecule has 0 amide bonds. The third-order valence-electron chi connectivity index (χ3n) is 6.59. The van der Waals surface area contributed by atoms with E-state index < -0.39 is 0 Å². The Labute approximate surface area is 183 Å². The fourth-order valence-electron chi connectivity index (χ4n) is 5.02. The first kappa shape index (κ1) is 19.8. The molecule has 0 radical (unpaired) electrons. The number of fused-ring (bicyclic) bond motifs is 5. The van der Waals surface area contributed by atoms with Crippen molar-refractivity contribution in [2.75, 3.05) is 55.7 Å². The number of thioether (sulfide) groups is 1. The highest BCUT2D eigenvalue weighted by molar-refractivity contribution is 7.99. The average molecular weight is 426 g/mol. The Kier molecular flexibility index (Phi) is 6.38. The molecule has 154 valence electrons. The van der Waals surface area contributed by atoms with Gasteiger partial charge in [0.25, 0.3) is 0 Å². The first-order valence-electron chi connectivity index (χ1n) is 11.0. The minimum Gasteiger partial charge on any atom is -0.339 e. The van der Waals surface area contributed by atoms with E-state index in [0.717, 1.165) is 18.4 Å². The van der Waals surface area contributed by atoms with Crippen molar-refractivity contribution < 1.29 is 0 Å². The highest BCUT2D eigenvalue weighted by atomic mass is 32.2. The maximum atomic E-state index is 3.26. The molecule has 2 bridgehead atoms. The van der Waals surface area contributed by atoms with Gasteiger partial charge in [0.2, 0.25) is 0 Å². The van der Waals surface area contributed by atoms with E-state index in [1.807, 2.05) is 23.5 Å². The van der Waals surface area contributed by atoms with Crippen LogP contribution in [0.15, 0.2) is 58.3 Å². The van der Waals surface area contributed by atoms with Crippen molar-refractivity contribution in [2.45, 2.75) is 22.6 Å². The van der Waals surface area contributed by atoms with Crippen molar-refractivity contribution in [2.24, 2.45) is 11.8 Å². The summed E-state index contributed by atoms with van der Waals surface area (Å²) < 4.78 is 0. The van der Waals surface area contributed by atoms with Crippen LogP contribution in [-0.2, 0) is 0 Å². The van der Waals surface area contributed by atoms with Gasteiger partial charge in [-0.2, -0.15) is 11.8 Å². The van der Waals surface area contributed by atoms with Crippen LogP contribution in [0, 0.1) is 11.8 Å². The maximum absolute atomic E-state index is 3.26. The molecule has 0 aliphatic carbocycles. The largest absolute Gasteiger partial charge is 0.339 e. The van der Waals surface area contributed by atoms with Crippen LogP contribution in [0.4, 0.5) is 11.4 Å². The second-order valence-electron chi connectivity index (χ2n) is 8.41. The van der Waals surface area contributed by atoms with Crippen molar-refractivity contribution in [3.8, 4) is 0 Å². The van der Waals surface area contributed by atoms with E-state index in [4.69, 9.17) is 0 Å². The van der Waals surface area contributed by atoms with E-state index in [2.05, 4.69) is 63.6 Å². The second kappa shape index (κ2) is 9.34. The van der Waals surface area contributed by atoms with E-state index in [-0.39, 0.29) is 0 Å². The summed E-state index contributed by atoms with van der Waals surface area (Å²) in [5, 5.41) is 3.26. The Bertz CT molecular complexity index is 758. The molecule has 5 heterocycles. The first-order valence-corrected chi connectivity index (χ1v) is 13.0. The van der Waals surface area contributed by atoms with Crippen LogP contribution < -0.4 is 10.2 Å². The van der Waals surface area contributed by atoms with Crippen molar-refractivity contribution in [3.05, 3.63) is 48.5 Å². The molecule has 4 fully saturated rings. The summed E-state index contributed by atoms with van der Waals surface area (Å²) in [6.45, 7) is 7.53. The third kappa shape index (κ3) is 4.48. The second-order valence-corrected chi connectivity index (χ2v) is 10.7. The lowest BCUT2D eigenvalue weighted by atomic mass is 9.78. The summed E-state index contributed by atoms with van der Waals surface area (Å²) in [5.74, 6) is 4.34. The highest BCUT2D eigenvalue weighted by Crippen LogP contribution is 2.48. The van der Waals surface area contributed by atoms with E-state index in [0.29, 0.717) is 0 Å². The number of hydrogen-bond donors (Lipinski definition) is 1. The zero-order chi connectivity index (χ0) is 19.5. The molecule has 7 rings (SSSR count). The Morgan fingerprint density at radius 3 is 1.97 bits per heavy atom. The minimum atomic E-state index is 0.807. The topological polar surface area (TPSA) is 18.5 Å². The van der Waals surface area contributed by atoms with Gasteiger partial charge in [-0.1, -0.05) is 36.0 Å². The van der Waals surface area contributed by atoms with Crippen molar-refractivity contribution in [1.82, 2.24) is 10.2 Å². The van der Waals surface area contributed by atoms with Crippen molar-refractivity contribution >= 4 is 34.9 Å². The molecule has 5 heteroatoms. The Balaban J connectivity index is 0.000000262. The average Bonchev–Trinajstić information content (AvgIpc) is 2.81. The van der Waals surface area contributed by atoms with E-state index >= 15 is 0 Å². The standard InChI is InChI=1S/C20H22N2S.C4H9NS/c1-3-7-19-17(5-1)22(18-6-2-4-8-20(18)23-19)14-16-13-21-11-9-15(16)10-12-21;1-3-6-4-2-5-1/h1-8,15-16H,9-14H2;5H,1-4H2. The quantitative estimate of drug-likeness (QED) is 0.731. The molecule has 29 heavy (non-hydrogen) atoms. The van der Waals surface area contributed by atoms with Crippen LogP contribution in [0.1, 0.15) is 12.8 Å². The number of rotatable bonds is 2. The lowest BCUT2D eigenvalue weighted by Crippen LogP contribution is -2.50. The molecule has 1 N–H and O–H groups in total. The smallest absolute Gasteiger partial charge is 0.0552 e. The van der Waals surface area contributed by atoms with Gasteiger partial charge in [0.05, 0.1) is 11.4 Å². The zero-order valence-corrected chi connectivity index (χ0v) is 18.7. The first-order chi connectivity index (χ1) is 14.4. The molecule has 0 spiro atoms. The van der Waals surface area contributed by atoms with Gasteiger partial charge >= 0.3 is 0 Å². The van der Waals surface area contributed by atoms with E-state index in [9.17, 15) is 0 Å². The molecule has 2 aromatic carbocycles. The van der Waals surface area contributed by atoms with Crippen molar-refractivity contribution in [1.29, 1.82) is 0 Å². The highest BCUT2D eigenvalue weighted by Gasteiger charge is 2.36. The van der Waals surface area contributed by atoms with Crippen LogP contribution in [0.5, 0.6) is 0 Å². The predicted molar refractivity (Wildman–Crippen MR) is 127 cm³/mol. The number of nitrogens with one attached hydrogen (secondary N) is 1. The molecule has 4 saturated heterocycles. The lowest BCUT2D eigenvalue weighted by molar-refractivity contribution is 0.0553. The van der Waals surface area contributed by atoms with Crippen LogP contribution >= 0.6 is 23.5 Å². The molecule has 1 atom stereocenters. The van der Waals surface area contributed by atoms with Crippen LogP contribution in [0.2, 0.25) is 0 Å². The number of hydrogen-bond acceptors (Lipinski definition) is 5. The Morgan fingerprint density at radius 2 is 1.48 bits per heavy atom. The molecule has 0 aromatic heterocycles. The summed E-state index contributed by atoms with van der Waals surface area (Å²) >= 11 is 3.94. The fourth-order valence-corrected chi connectivity index (χ4v) is 6.90. The molecule has 5 aliphatic rings. The molecule has 3 nitrogen and oxygen atoms in total. The normalized spacial score (nSPS) is 27.4. The molecule has 2 aromatic rings. The van der Waals surface area contributed by atoms with Gasteiger partial charge in [0.1, 0.15) is 0 Å². The number of para-hydroxylation sites is 2. The zero-order valence-electron chi connectivity index (χ0n) is 17.1. The monoisotopic (exact) mass is 425 g/mol. The van der Waals surface area contributed by atoms with Crippen molar-refractivity contribution in [3.63, 3.8) is 0 Å². The van der Waals surface area contributed by atoms with Crippen LogP contribution in [0.3, 0.4) is 0 Å².